The zero-order chi connectivity index (χ0) is 10.6. The van der Waals surface area contributed by atoms with Crippen molar-refractivity contribution in [2.75, 3.05) is 13.6 Å². The molecule has 0 saturated heterocycles. The first-order valence-electron chi connectivity index (χ1n) is 5.08. The third-order valence-corrected chi connectivity index (χ3v) is 2.30. The van der Waals surface area contributed by atoms with Gasteiger partial charge in [-0.3, -0.25) is 0 Å². The number of likely N-dealkylation sites (N-methyl/N-ethyl adjacent to an activating group) is 1. The fourth-order valence-electron chi connectivity index (χ4n) is 1.63. The maximum atomic E-state index is 5.74. The molecular weight excluding hydrogens is 172 g/mol. The van der Waals surface area contributed by atoms with Gasteiger partial charge >= 0.3 is 0 Å². The molecular formula is C12H20N2. The number of benzene rings is 1. The molecule has 2 N–H and O–H groups in total. The number of hydrogen-bond acceptors (Lipinski definition) is 2. The molecule has 1 aromatic rings. The molecule has 1 aromatic carbocycles. The Morgan fingerprint density at radius 1 is 1.36 bits per heavy atom. The van der Waals surface area contributed by atoms with Gasteiger partial charge in [0.25, 0.3) is 0 Å². The molecule has 0 aromatic heterocycles. The monoisotopic (exact) mass is 192 g/mol. The average Bonchev–Trinajstić information content (AvgIpc) is 2.07. The molecule has 1 atom stereocenters. The van der Waals surface area contributed by atoms with Gasteiger partial charge in [0.05, 0.1) is 0 Å². The van der Waals surface area contributed by atoms with Gasteiger partial charge in [-0.1, -0.05) is 24.3 Å². The van der Waals surface area contributed by atoms with E-state index in [1.807, 2.05) is 6.92 Å². The van der Waals surface area contributed by atoms with Gasteiger partial charge in [0, 0.05) is 19.1 Å². The van der Waals surface area contributed by atoms with Crippen molar-refractivity contribution < 1.29 is 0 Å². The van der Waals surface area contributed by atoms with Crippen LogP contribution in [0.5, 0.6) is 0 Å². The van der Waals surface area contributed by atoms with E-state index in [0.29, 0.717) is 0 Å². The number of hydrogen-bond donors (Lipinski definition) is 1. The smallest absolute Gasteiger partial charge is 0.0233 e. The summed E-state index contributed by atoms with van der Waals surface area (Å²) in [5.41, 5.74) is 8.48. The molecule has 0 fully saturated rings. The highest BCUT2D eigenvalue weighted by molar-refractivity contribution is 5.25. The van der Waals surface area contributed by atoms with E-state index in [4.69, 9.17) is 5.73 Å². The van der Waals surface area contributed by atoms with Crippen molar-refractivity contribution in [3.05, 3.63) is 35.4 Å². The highest BCUT2D eigenvalue weighted by Gasteiger charge is 2.04. The Morgan fingerprint density at radius 3 is 2.57 bits per heavy atom. The zero-order valence-corrected chi connectivity index (χ0v) is 9.33. The summed E-state index contributed by atoms with van der Waals surface area (Å²) >= 11 is 0. The van der Waals surface area contributed by atoms with Gasteiger partial charge in [0.1, 0.15) is 0 Å². The van der Waals surface area contributed by atoms with Gasteiger partial charge in [-0.25, -0.2) is 0 Å². The van der Waals surface area contributed by atoms with Gasteiger partial charge in [-0.05, 0) is 32.0 Å². The number of aryl methyl sites for hydroxylation is 1. The first kappa shape index (κ1) is 11.2. The number of nitrogens with two attached hydrogens (primary N) is 1. The minimum atomic E-state index is 0.240. The second-order valence-electron chi connectivity index (χ2n) is 4.10. The van der Waals surface area contributed by atoms with Crippen molar-refractivity contribution >= 4 is 0 Å². The molecule has 2 nitrogen and oxygen atoms in total. The topological polar surface area (TPSA) is 29.3 Å². The van der Waals surface area contributed by atoms with E-state index in [0.717, 1.165) is 13.1 Å². The van der Waals surface area contributed by atoms with Crippen molar-refractivity contribution in [3.63, 3.8) is 0 Å². The molecule has 0 heterocycles. The van der Waals surface area contributed by atoms with E-state index < -0.39 is 0 Å². The Labute approximate surface area is 86.7 Å². The molecule has 0 bridgehead atoms. The molecule has 0 saturated carbocycles. The lowest BCUT2D eigenvalue weighted by Gasteiger charge is -2.19. The molecule has 2 heteroatoms. The zero-order valence-electron chi connectivity index (χ0n) is 9.33. The molecule has 78 valence electrons. The van der Waals surface area contributed by atoms with E-state index >= 15 is 0 Å². The highest BCUT2D eigenvalue weighted by atomic mass is 15.1. The van der Waals surface area contributed by atoms with E-state index in [2.05, 4.69) is 43.1 Å². The van der Waals surface area contributed by atoms with Gasteiger partial charge in [-0.2, -0.15) is 0 Å². The predicted molar refractivity (Wildman–Crippen MR) is 61.2 cm³/mol. The van der Waals surface area contributed by atoms with Crippen molar-refractivity contribution in [3.8, 4) is 0 Å². The lowest BCUT2D eigenvalue weighted by atomic mass is 10.1. The van der Waals surface area contributed by atoms with Gasteiger partial charge in [-0.15, -0.1) is 0 Å². The van der Waals surface area contributed by atoms with E-state index in [1.165, 1.54) is 11.1 Å². The predicted octanol–water partition coefficient (Wildman–Crippen LogP) is 1.77. The van der Waals surface area contributed by atoms with E-state index in [-0.39, 0.29) is 6.04 Å². The Morgan fingerprint density at radius 2 is 2.00 bits per heavy atom. The van der Waals surface area contributed by atoms with Crippen LogP contribution in [0.3, 0.4) is 0 Å². The second kappa shape index (κ2) is 5.13. The molecule has 0 radical (unpaired) electrons. The molecule has 0 unspecified atom stereocenters. The Balaban J connectivity index is 2.56. The van der Waals surface area contributed by atoms with Crippen LogP contribution in [-0.2, 0) is 6.54 Å². The van der Waals surface area contributed by atoms with Crippen LogP contribution in [0.2, 0.25) is 0 Å². The van der Waals surface area contributed by atoms with Crippen molar-refractivity contribution in [1.82, 2.24) is 4.90 Å². The maximum Gasteiger partial charge on any atom is 0.0233 e. The first-order chi connectivity index (χ1) is 6.59. The summed E-state index contributed by atoms with van der Waals surface area (Å²) < 4.78 is 0. The minimum absolute atomic E-state index is 0.240. The van der Waals surface area contributed by atoms with Crippen LogP contribution >= 0.6 is 0 Å². The van der Waals surface area contributed by atoms with E-state index in [9.17, 15) is 0 Å². The molecule has 1 rings (SSSR count). The fourth-order valence-corrected chi connectivity index (χ4v) is 1.63. The van der Waals surface area contributed by atoms with Crippen LogP contribution in [0.1, 0.15) is 18.1 Å². The largest absolute Gasteiger partial charge is 0.327 e. The lowest BCUT2D eigenvalue weighted by molar-refractivity contribution is 0.309. The molecule has 14 heavy (non-hydrogen) atoms. The molecule has 0 spiro atoms. The summed E-state index contributed by atoms with van der Waals surface area (Å²) in [7, 11) is 2.11. The van der Waals surface area contributed by atoms with Crippen LogP contribution in [0.4, 0.5) is 0 Å². The van der Waals surface area contributed by atoms with Gasteiger partial charge in [0.2, 0.25) is 0 Å². The summed E-state index contributed by atoms with van der Waals surface area (Å²) in [6.45, 7) is 6.10. The molecule has 0 amide bonds. The molecule has 0 aliphatic rings. The highest BCUT2D eigenvalue weighted by Crippen LogP contribution is 2.09. The quantitative estimate of drug-likeness (QED) is 0.788. The van der Waals surface area contributed by atoms with Gasteiger partial charge < -0.3 is 10.6 Å². The summed E-state index contributed by atoms with van der Waals surface area (Å²) in [5.74, 6) is 0. The Kier molecular flexibility index (Phi) is 4.11. The van der Waals surface area contributed by atoms with Crippen molar-refractivity contribution in [1.29, 1.82) is 0 Å². The normalized spacial score (nSPS) is 13.2. The maximum absolute atomic E-state index is 5.74. The van der Waals surface area contributed by atoms with Crippen LogP contribution < -0.4 is 5.73 Å². The third kappa shape index (κ3) is 3.48. The SMILES string of the molecule is Cc1ccccc1CN(C)C[C@@H](C)N. The van der Waals surface area contributed by atoms with Crippen LogP contribution in [0.15, 0.2) is 24.3 Å². The summed E-state index contributed by atoms with van der Waals surface area (Å²) in [6, 6.07) is 8.72. The third-order valence-electron chi connectivity index (χ3n) is 2.30. The molecule has 0 aliphatic carbocycles. The standard InChI is InChI=1S/C12H20N2/c1-10-6-4-5-7-12(10)9-14(3)8-11(2)13/h4-7,11H,8-9,13H2,1-3H3/t11-/m1/s1. The van der Waals surface area contributed by atoms with Crippen LogP contribution in [-0.4, -0.2) is 24.5 Å². The Hall–Kier alpha value is -0.860. The van der Waals surface area contributed by atoms with Gasteiger partial charge in [0.15, 0.2) is 0 Å². The summed E-state index contributed by atoms with van der Waals surface area (Å²) in [6.07, 6.45) is 0. The average molecular weight is 192 g/mol. The summed E-state index contributed by atoms with van der Waals surface area (Å²) in [4.78, 5) is 2.26. The number of nitrogens with zero attached hydrogens (tertiary/aromatic N) is 1. The van der Waals surface area contributed by atoms with E-state index in [1.54, 1.807) is 0 Å². The second-order valence-corrected chi connectivity index (χ2v) is 4.10. The lowest BCUT2D eigenvalue weighted by Crippen LogP contribution is -2.32. The van der Waals surface area contributed by atoms with Crippen molar-refractivity contribution in [2.45, 2.75) is 26.4 Å². The minimum Gasteiger partial charge on any atom is -0.327 e. The Bertz CT molecular complexity index is 281. The first-order valence-corrected chi connectivity index (χ1v) is 5.08. The number of rotatable bonds is 4. The van der Waals surface area contributed by atoms with Crippen molar-refractivity contribution in [2.24, 2.45) is 5.73 Å². The molecule has 0 aliphatic heterocycles. The van der Waals surface area contributed by atoms with Crippen LogP contribution in [0, 0.1) is 6.92 Å². The summed E-state index contributed by atoms with van der Waals surface area (Å²) in [5, 5.41) is 0. The van der Waals surface area contributed by atoms with Crippen LogP contribution in [0.25, 0.3) is 0 Å². The fraction of sp³-hybridized carbons (Fsp3) is 0.500.